The first-order chi connectivity index (χ1) is 11.3. The number of esters is 1. The Morgan fingerprint density at radius 2 is 1.88 bits per heavy atom. The summed E-state index contributed by atoms with van der Waals surface area (Å²) in [5, 5.41) is 12.6. The summed E-state index contributed by atoms with van der Waals surface area (Å²) in [5.74, 6) is -0.980. The van der Waals surface area contributed by atoms with Crippen LogP contribution in [0.1, 0.15) is 32.3 Å². The lowest BCUT2D eigenvalue weighted by Gasteiger charge is -2.23. The lowest BCUT2D eigenvalue weighted by Crippen LogP contribution is -2.52. The van der Waals surface area contributed by atoms with Gasteiger partial charge in [0, 0.05) is 6.04 Å². The minimum Gasteiger partial charge on any atom is -0.467 e. The van der Waals surface area contributed by atoms with E-state index in [2.05, 4.69) is 5.32 Å². The first-order valence-electron chi connectivity index (χ1n) is 8.21. The number of carbonyl (C=O) groups is 2. The molecule has 1 aromatic rings. The zero-order valence-electron chi connectivity index (χ0n) is 14.6. The highest BCUT2D eigenvalue weighted by atomic mass is 16.5. The number of carbonyl (C=O) groups excluding carboxylic acids is 2. The summed E-state index contributed by atoms with van der Waals surface area (Å²) in [5.41, 5.74) is 7.02. The van der Waals surface area contributed by atoms with Crippen molar-refractivity contribution in [2.75, 3.05) is 7.11 Å². The second kappa shape index (κ2) is 10.1. The SMILES string of the molecule is COC(=O)[C@H](CC(C)C)NC(=O)[C@@H](O)[C@H](N)CCc1ccccc1. The number of rotatable bonds is 9. The van der Waals surface area contributed by atoms with Gasteiger partial charge in [0.15, 0.2) is 0 Å². The number of nitrogens with two attached hydrogens (primary N) is 1. The Bertz CT molecular complexity index is 519. The highest BCUT2D eigenvalue weighted by molar-refractivity contribution is 5.87. The van der Waals surface area contributed by atoms with Crippen LogP contribution in [0.25, 0.3) is 0 Å². The second-order valence-electron chi connectivity index (χ2n) is 6.35. The number of aliphatic hydroxyl groups is 1. The van der Waals surface area contributed by atoms with Crippen molar-refractivity contribution < 1.29 is 19.4 Å². The molecule has 0 bridgehead atoms. The van der Waals surface area contributed by atoms with Crippen LogP contribution in [0.5, 0.6) is 0 Å². The van der Waals surface area contributed by atoms with Gasteiger partial charge in [0.2, 0.25) is 0 Å². The van der Waals surface area contributed by atoms with Gasteiger partial charge in [-0.15, -0.1) is 0 Å². The maximum absolute atomic E-state index is 12.2. The number of ether oxygens (including phenoxy) is 1. The lowest BCUT2D eigenvalue weighted by molar-refractivity contribution is -0.147. The van der Waals surface area contributed by atoms with Crippen LogP contribution in [-0.4, -0.2) is 42.3 Å². The van der Waals surface area contributed by atoms with E-state index in [1.165, 1.54) is 7.11 Å². The fourth-order valence-corrected chi connectivity index (χ4v) is 2.42. The zero-order chi connectivity index (χ0) is 18.1. The number of hydrogen-bond acceptors (Lipinski definition) is 5. The Hall–Kier alpha value is -1.92. The summed E-state index contributed by atoms with van der Waals surface area (Å²) in [6.07, 6.45) is 0.197. The van der Waals surface area contributed by atoms with Crippen LogP contribution in [0.3, 0.4) is 0 Å². The first-order valence-corrected chi connectivity index (χ1v) is 8.21. The molecule has 6 heteroatoms. The third-order valence-electron chi connectivity index (χ3n) is 3.79. The second-order valence-corrected chi connectivity index (χ2v) is 6.35. The largest absolute Gasteiger partial charge is 0.467 e. The van der Waals surface area contributed by atoms with E-state index in [9.17, 15) is 14.7 Å². The average molecular weight is 336 g/mol. The topological polar surface area (TPSA) is 102 Å². The van der Waals surface area contributed by atoms with Gasteiger partial charge in [0.1, 0.15) is 12.1 Å². The summed E-state index contributed by atoms with van der Waals surface area (Å²) in [7, 11) is 1.27. The maximum Gasteiger partial charge on any atom is 0.328 e. The van der Waals surface area contributed by atoms with E-state index in [0.717, 1.165) is 5.56 Å². The van der Waals surface area contributed by atoms with Gasteiger partial charge in [-0.2, -0.15) is 0 Å². The molecule has 3 atom stereocenters. The Balaban J connectivity index is 2.55. The fraction of sp³-hybridized carbons (Fsp3) is 0.556. The lowest BCUT2D eigenvalue weighted by atomic mass is 10.00. The molecule has 1 aromatic carbocycles. The molecular formula is C18H28N2O4. The van der Waals surface area contributed by atoms with E-state index in [1.54, 1.807) is 0 Å². The van der Waals surface area contributed by atoms with Crippen LogP contribution in [0.4, 0.5) is 0 Å². The molecule has 0 aromatic heterocycles. The van der Waals surface area contributed by atoms with Crippen molar-refractivity contribution in [1.29, 1.82) is 0 Å². The Morgan fingerprint density at radius 1 is 1.25 bits per heavy atom. The van der Waals surface area contributed by atoms with Crippen LogP contribution < -0.4 is 11.1 Å². The Labute approximate surface area is 143 Å². The number of methoxy groups -OCH3 is 1. The molecule has 134 valence electrons. The number of benzene rings is 1. The van der Waals surface area contributed by atoms with Gasteiger partial charge >= 0.3 is 5.97 Å². The van der Waals surface area contributed by atoms with Crippen molar-refractivity contribution in [3.8, 4) is 0 Å². The van der Waals surface area contributed by atoms with Gasteiger partial charge < -0.3 is 20.9 Å². The van der Waals surface area contributed by atoms with E-state index < -0.39 is 30.1 Å². The number of aliphatic hydroxyl groups excluding tert-OH is 1. The minimum atomic E-state index is -1.37. The van der Waals surface area contributed by atoms with Gasteiger partial charge in [0.05, 0.1) is 7.11 Å². The summed E-state index contributed by atoms with van der Waals surface area (Å²) in [6, 6.07) is 8.23. The summed E-state index contributed by atoms with van der Waals surface area (Å²) in [6.45, 7) is 3.87. The Kier molecular flexibility index (Phi) is 8.43. The predicted octanol–water partition coefficient (Wildman–Crippen LogP) is 1.01. The highest BCUT2D eigenvalue weighted by Gasteiger charge is 2.28. The normalized spacial score (nSPS) is 14.8. The summed E-state index contributed by atoms with van der Waals surface area (Å²) < 4.78 is 4.69. The average Bonchev–Trinajstić information content (AvgIpc) is 2.58. The van der Waals surface area contributed by atoms with Crippen LogP contribution in [-0.2, 0) is 20.7 Å². The molecule has 4 N–H and O–H groups in total. The molecule has 6 nitrogen and oxygen atoms in total. The van der Waals surface area contributed by atoms with Gasteiger partial charge in [-0.05, 0) is 30.7 Å². The molecule has 0 spiro atoms. The van der Waals surface area contributed by atoms with Crippen molar-refractivity contribution in [1.82, 2.24) is 5.32 Å². The molecule has 1 rings (SSSR count). The molecule has 0 unspecified atom stereocenters. The molecular weight excluding hydrogens is 308 g/mol. The minimum absolute atomic E-state index is 0.193. The summed E-state index contributed by atoms with van der Waals surface area (Å²) in [4.78, 5) is 23.9. The molecule has 0 saturated heterocycles. The molecule has 0 heterocycles. The third-order valence-corrected chi connectivity index (χ3v) is 3.79. The van der Waals surface area contributed by atoms with Crippen molar-refractivity contribution in [2.45, 2.75) is 51.3 Å². The Morgan fingerprint density at radius 3 is 2.42 bits per heavy atom. The molecule has 0 aliphatic carbocycles. The monoisotopic (exact) mass is 336 g/mol. The number of amides is 1. The van der Waals surface area contributed by atoms with E-state index in [-0.39, 0.29) is 5.92 Å². The van der Waals surface area contributed by atoms with E-state index in [1.807, 2.05) is 44.2 Å². The number of hydrogen-bond donors (Lipinski definition) is 3. The smallest absolute Gasteiger partial charge is 0.328 e. The molecule has 0 aliphatic rings. The van der Waals surface area contributed by atoms with Gasteiger partial charge in [-0.1, -0.05) is 44.2 Å². The van der Waals surface area contributed by atoms with Gasteiger partial charge in [-0.25, -0.2) is 4.79 Å². The van der Waals surface area contributed by atoms with Crippen molar-refractivity contribution >= 4 is 11.9 Å². The summed E-state index contributed by atoms with van der Waals surface area (Å²) >= 11 is 0. The number of aryl methyl sites for hydroxylation is 1. The van der Waals surface area contributed by atoms with E-state index in [4.69, 9.17) is 10.5 Å². The molecule has 0 aliphatic heterocycles. The predicted molar refractivity (Wildman–Crippen MR) is 92.1 cm³/mol. The highest BCUT2D eigenvalue weighted by Crippen LogP contribution is 2.09. The van der Waals surface area contributed by atoms with Crippen LogP contribution in [0, 0.1) is 5.92 Å². The maximum atomic E-state index is 12.2. The fourth-order valence-electron chi connectivity index (χ4n) is 2.42. The molecule has 0 radical (unpaired) electrons. The first kappa shape index (κ1) is 20.1. The van der Waals surface area contributed by atoms with Gasteiger partial charge in [-0.3, -0.25) is 4.79 Å². The van der Waals surface area contributed by atoms with Crippen molar-refractivity contribution in [3.05, 3.63) is 35.9 Å². The molecule has 1 amide bonds. The number of nitrogens with one attached hydrogen (secondary N) is 1. The van der Waals surface area contributed by atoms with Crippen LogP contribution >= 0.6 is 0 Å². The molecule has 24 heavy (non-hydrogen) atoms. The third kappa shape index (κ3) is 6.68. The zero-order valence-corrected chi connectivity index (χ0v) is 14.6. The standard InChI is InChI=1S/C18H28N2O4/c1-12(2)11-15(18(23)24-3)20-17(22)16(21)14(19)10-9-13-7-5-4-6-8-13/h4-8,12,14-16,21H,9-11,19H2,1-3H3,(H,20,22)/t14-,15+,16+/m1/s1. The van der Waals surface area contributed by atoms with E-state index >= 15 is 0 Å². The molecule has 0 saturated carbocycles. The van der Waals surface area contributed by atoms with Crippen LogP contribution in [0.2, 0.25) is 0 Å². The van der Waals surface area contributed by atoms with E-state index in [0.29, 0.717) is 19.3 Å². The van der Waals surface area contributed by atoms with Crippen molar-refractivity contribution in [3.63, 3.8) is 0 Å². The van der Waals surface area contributed by atoms with Crippen LogP contribution in [0.15, 0.2) is 30.3 Å². The quantitative estimate of drug-likeness (QED) is 0.584. The molecule has 0 fully saturated rings. The van der Waals surface area contributed by atoms with Crippen molar-refractivity contribution in [2.24, 2.45) is 11.7 Å². The van der Waals surface area contributed by atoms with Gasteiger partial charge in [0.25, 0.3) is 5.91 Å².